The Labute approximate surface area is 178 Å². The number of methoxy groups -OCH3 is 1. The predicted molar refractivity (Wildman–Crippen MR) is 120 cm³/mol. The number of hydrogen-bond acceptors (Lipinski definition) is 6. The molecule has 8 heteroatoms. The molecule has 29 heavy (non-hydrogen) atoms. The van der Waals surface area contributed by atoms with Crippen LogP contribution in [0.25, 0.3) is 0 Å². The van der Waals surface area contributed by atoms with Gasteiger partial charge in [0.2, 0.25) is 0 Å². The second-order valence-corrected chi connectivity index (χ2v) is 8.65. The van der Waals surface area contributed by atoms with E-state index in [0.717, 1.165) is 56.1 Å². The van der Waals surface area contributed by atoms with E-state index in [2.05, 4.69) is 20.5 Å². The van der Waals surface area contributed by atoms with Crippen LogP contribution in [0.1, 0.15) is 13.3 Å². The van der Waals surface area contributed by atoms with E-state index in [4.69, 9.17) is 14.2 Å². The average molecular weight is 423 g/mol. The molecule has 2 unspecified atom stereocenters. The highest BCUT2D eigenvalue weighted by molar-refractivity contribution is 7.99. The van der Waals surface area contributed by atoms with E-state index < -0.39 is 0 Å². The van der Waals surface area contributed by atoms with Crippen LogP contribution in [-0.2, 0) is 4.74 Å². The summed E-state index contributed by atoms with van der Waals surface area (Å²) in [4.78, 5) is 7.00. The molecule has 0 bridgehead atoms. The molecule has 2 aliphatic rings. The molecule has 1 aromatic carbocycles. The fraction of sp³-hybridized carbons (Fsp3) is 0.667. The maximum Gasteiger partial charge on any atom is 0.191 e. The van der Waals surface area contributed by atoms with Crippen LogP contribution in [0, 0.1) is 0 Å². The van der Waals surface area contributed by atoms with Gasteiger partial charge in [-0.2, -0.15) is 11.8 Å². The van der Waals surface area contributed by atoms with Gasteiger partial charge in [-0.05, 0) is 31.2 Å². The Hall–Kier alpha value is -1.64. The summed E-state index contributed by atoms with van der Waals surface area (Å²) in [5.41, 5.74) is 0.189. The van der Waals surface area contributed by atoms with E-state index in [1.54, 1.807) is 7.11 Å². The maximum absolute atomic E-state index is 5.99. The lowest BCUT2D eigenvalue weighted by Gasteiger charge is -2.43. The Balaban J connectivity index is 1.48. The monoisotopic (exact) mass is 422 g/mol. The Bertz CT molecular complexity index is 661. The minimum absolute atomic E-state index is 0.00380. The topological polar surface area (TPSA) is 67.4 Å². The van der Waals surface area contributed by atoms with E-state index in [-0.39, 0.29) is 11.6 Å². The van der Waals surface area contributed by atoms with Gasteiger partial charge in [-0.25, -0.2) is 0 Å². The second kappa shape index (κ2) is 10.9. The zero-order valence-corrected chi connectivity index (χ0v) is 18.6. The van der Waals surface area contributed by atoms with Crippen LogP contribution in [0.3, 0.4) is 0 Å². The number of rotatable bonds is 8. The first kappa shape index (κ1) is 22.1. The quantitative estimate of drug-likeness (QED) is 0.489. The Morgan fingerprint density at radius 2 is 2.10 bits per heavy atom. The van der Waals surface area contributed by atoms with E-state index >= 15 is 0 Å². The summed E-state index contributed by atoms with van der Waals surface area (Å²) in [6.45, 7) is 7.29. The maximum atomic E-state index is 5.99. The van der Waals surface area contributed by atoms with Crippen LogP contribution in [0.2, 0.25) is 0 Å². The smallest absolute Gasteiger partial charge is 0.191 e. The van der Waals surface area contributed by atoms with Gasteiger partial charge in [0.15, 0.2) is 5.96 Å². The first-order valence-corrected chi connectivity index (χ1v) is 11.5. The number of thioether (sulfide) groups is 1. The van der Waals surface area contributed by atoms with Crippen LogP contribution in [0.5, 0.6) is 11.5 Å². The minimum Gasteiger partial charge on any atom is -0.497 e. The summed E-state index contributed by atoms with van der Waals surface area (Å²) >= 11 is 2.04. The molecule has 2 N–H and O–H groups in total. The van der Waals surface area contributed by atoms with Crippen molar-refractivity contribution in [1.82, 2.24) is 15.5 Å². The largest absolute Gasteiger partial charge is 0.497 e. The van der Waals surface area contributed by atoms with Crippen molar-refractivity contribution in [3.05, 3.63) is 24.3 Å². The predicted octanol–water partition coefficient (Wildman–Crippen LogP) is 1.84. The molecule has 2 saturated heterocycles. The van der Waals surface area contributed by atoms with Crippen molar-refractivity contribution in [2.45, 2.75) is 25.0 Å². The van der Waals surface area contributed by atoms with Crippen molar-refractivity contribution in [1.29, 1.82) is 0 Å². The minimum atomic E-state index is -0.00380. The Morgan fingerprint density at radius 1 is 1.31 bits per heavy atom. The van der Waals surface area contributed by atoms with Crippen molar-refractivity contribution < 1.29 is 14.2 Å². The fourth-order valence-corrected chi connectivity index (χ4v) is 5.27. The number of benzene rings is 1. The molecule has 3 rings (SSSR count). The standard InChI is InChI=1S/C21H34N4O3S/c1-17(28-19-6-4-5-18(13-19)26-3)14-23-20(22-2)24-15-21(7-12-29-16-21)25-8-10-27-11-9-25/h4-6,13,17H,7-12,14-16H2,1-3H3,(H2,22,23,24). The highest BCUT2D eigenvalue weighted by Crippen LogP contribution is 2.33. The molecule has 1 aromatic rings. The average Bonchev–Trinajstić information content (AvgIpc) is 3.25. The molecule has 0 radical (unpaired) electrons. The number of guanidine groups is 1. The van der Waals surface area contributed by atoms with Crippen molar-refractivity contribution in [3.63, 3.8) is 0 Å². The van der Waals surface area contributed by atoms with Gasteiger partial charge in [0.25, 0.3) is 0 Å². The lowest BCUT2D eigenvalue weighted by molar-refractivity contribution is -0.0120. The second-order valence-electron chi connectivity index (χ2n) is 7.54. The van der Waals surface area contributed by atoms with Gasteiger partial charge in [-0.1, -0.05) is 6.07 Å². The Morgan fingerprint density at radius 3 is 2.79 bits per heavy atom. The molecule has 2 atom stereocenters. The summed E-state index contributed by atoms with van der Waals surface area (Å²) < 4.78 is 16.8. The summed E-state index contributed by atoms with van der Waals surface area (Å²) in [6, 6.07) is 7.68. The van der Waals surface area contributed by atoms with Gasteiger partial charge in [0.1, 0.15) is 17.6 Å². The number of hydrogen-bond donors (Lipinski definition) is 2. The zero-order valence-electron chi connectivity index (χ0n) is 17.8. The molecule has 2 heterocycles. The molecule has 162 valence electrons. The van der Waals surface area contributed by atoms with Crippen molar-refractivity contribution >= 4 is 17.7 Å². The molecule has 0 saturated carbocycles. The molecule has 2 aliphatic heterocycles. The van der Waals surface area contributed by atoms with Crippen LogP contribution < -0.4 is 20.1 Å². The van der Waals surface area contributed by atoms with Crippen LogP contribution in [0.4, 0.5) is 0 Å². The van der Waals surface area contributed by atoms with Gasteiger partial charge in [-0.15, -0.1) is 0 Å². The van der Waals surface area contributed by atoms with Crippen molar-refractivity contribution in [2.75, 3.05) is 65.1 Å². The number of ether oxygens (including phenoxy) is 3. The van der Waals surface area contributed by atoms with Crippen LogP contribution >= 0.6 is 11.8 Å². The summed E-state index contributed by atoms with van der Waals surface area (Å²) in [5, 5.41) is 6.95. The molecule has 2 fully saturated rings. The number of morpholine rings is 1. The van der Waals surface area contributed by atoms with E-state index in [1.807, 2.05) is 50.0 Å². The number of nitrogens with zero attached hydrogens (tertiary/aromatic N) is 2. The first-order chi connectivity index (χ1) is 14.1. The van der Waals surface area contributed by atoms with E-state index in [9.17, 15) is 0 Å². The lowest BCUT2D eigenvalue weighted by Crippen LogP contribution is -2.60. The molecule has 0 aromatic heterocycles. The normalized spacial score (nSPS) is 24.2. The third-order valence-electron chi connectivity index (χ3n) is 5.51. The lowest BCUT2D eigenvalue weighted by atomic mass is 9.95. The summed E-state index contributed by atoms with van der Waals surface area (Å²) in [5.74, 6) is 4.79. The third kappa shape index (κ3) is 6.17. The van der Waals surface area contributed by atoms with E-state index in [0.29, 0.717) is 6.54 Å². The molecule has 0 aliphatic carbocycles. The fourth-order valence-electron chi connectivity index (χ4n) is 3.79. The first-order valence-electron chi connectivity index (χ1n) is 10.3. The van der Waals surface area contributed by atoms with Gasteiger partial charge >= 0.3 is 0 Å². The molecular weight excluding hydrogens is 388 g/mol. The summed E-state index contributed by atoms with van der Waals surface area (Å²) in [7, 11) is 3.47. The van der Waals surface area contributed by atoms with Gasteiger partial charge in [0, 0.05) is 44.0 Å². The van der Waals surface area contributed by atoms with Gasteiger partial charge < -0.3 is 24.8 Å². The number of aliphatic imine (C=N–C) groups is 1. The number of nitrogens with one attached hydrogen (secondary N) is 2. The van der Waals surface area contributed by atoms with Crippen molar-refractivity contribution in [2.24, 2.45) is 4.99 Å². The Kier molecular flexibility index (Phi) is 8.32. The zero-order chi connectivity index (χ0) is 20.5. The van der Waals surface area contributed by atoms with E-state index in [1.165, 1.54) is 12.2 Å². The highest BCUT2D eigenvalue weighted by atomic mass is 32.2. The van der Waals surface area contributed by atoms with Gasteiger partial charge in [0.05, 0.1) is 26.9 Å². The van der Waals surface area contributed by atoms with Crippen molar-refractivity contribution in [3.8, 4) is 11.5 Å². The molecular formula is C21H34N4O3S. The molecule has 0 spiro atoms. The molecule has 0 amide bonds. The molecule has 7 nitrogen and oxygen atoms in total. The van der Waals surface area contributed by atoms with Gasteiger partial charge in [-0.3, -0.25) is 9.89 Å². The van der Waals surface area contributed by atoms with Crippen LogP contribution in [0.15, 0.2) is 29.3 Å². The van der Waals surface area contributed by atoms with Crippen LogP contribution in [-0.4, -0.2) is 87.6 Å². The third-order valence-corrected chi connectivity index (χ3v) is 6.74. The SMILES string of the molecule is CN=C(NCC(C)Oc1cccc(OC)c1)NCC1(N2CCOCC2)CCSC1. The summed E-state index contributed by atoms with van der Waals surface area (Å²) in [6.07, 6.45) is 1.20. The highest BCUT2D eigenvalue weighted by Gasteiger charge is 2.40.